The first-order valence-corrected chi connectivity index (χ1v) is 7.20. The maximum atomic E-state index is 5.46. The van der Waals surface area contributed by atoms with Gasteiger partial charge in [0.1, 0.15) is 0 Å². The van der Waals surface area contributed by atoms with Crippen LogP contribution in [-0.4, -0.2) is 12.0 Å². The zero-order chi connectivity index (χ0) is 12.7. The van der Waals surface area contributed by atoms with Crippen LogP contribution in [0.1, 0.15) is 13.8 Å². The number of anilines is 1. The van der Waals surface area contributed by atoms with Gasteiger partial charge in [-0.3, -0.25) is 5.14 Å². The van der Waals surface area contributed by atoms with E-state index in [9.17, 15) is 0 Å². The first kappa shape index (κ1) is 14.0. The van der Waals surface area contributed by atoms with Crippen molar-refractivity contribution in [1.29, 1.82) is 0 Å². The lowest BCUT2D eigenvalue weighted by Crippen LogP contribution is -1.86. The first-order chi connectivity index (χ1) is 8.33. The summed E-state index contributed by atoms with van der Waals surface area (Å²) in [5, 5.41) is 11.5. The van der Waals surface area contributed by atoms with E-state index in [1.807, 2.05) is 50.5 Å². The zero-order valence-corrected chi connectivity index (χ0v) is 11.9. The molecule has 0 aliphatic heterocycles. The predicted octanol–water partition coefficient (Wildman–Crippen LogP) is 3.84. The van der Waals surface area contributed by atoms with Crippen LogP contribution in [0.25, 0.3) is 11.3 Å². The van der Waals surface area contributed by atoms with Crippen molar-refractivity contribution in [2.24, 2.45) is 5.14 Å². The fraction of sp³-hybridized carbons (Fsp3) is 0.250. The lowest BCUT2D eigenvalue weighted by Gasteiger charge is -1.98. The van der Waals surface area contributed by atoms with E-state index in [0.29, 0.717) is 0 Å². The smallest absolute Gasteiger partial charge is 0.182 e. The Labute approximate surface area is 111 Å². The van der Waals surface area contributed by atoms with Crippen molar-refractivity contribution in [3.8, 4) is 11.3 Å². The molecule has 0 radical (unpaired) electrons. The Morgan fingerprint density at radius 2 is 1.88 bits per heavy atom. The number of nitrogens with two attached hydrogens (primary N) is 1. The minimum atomic E-state index is 0.933. The van der Waals surface area contributed by atoms with Crippen LogP contribution in [0, 0.1) is 0 Å². The summed E-state index contributed by atoms with van der Waals surface area (Å²) in [6.07, 6.45) is 0. The highest BCUT2D eigenvalue weighted by Gasteiger charge is 2.02. The number of aromatic nitrogens is 1. The monoisotopic (exact) mass is 267 g/mol. The molecule has 0 amide bonds. The molecular weight excluding hydrogens is 250 g/mol. The van der Waals surface area contributed by atoms with Crippen LogP contribution in [0.15, 0.2) is 34.5 Å². The number of nitrogens with zero attached hydrogens (tertiary/aromatic N) is 1. The lowest BCUT2D eigenvalue weighted by molar-refractivity contribution is 1.35. The van der Waals surface area contributed by atoms with Gasteiger partial charge in [0, 0.05) is 22.9 Å². The average Bonchev–Trinajstić information content (AvgIpc) is 2.90. The van der Waals surface area contributed by atoms with Crippen LogP contribution in [0.4, 0.5) is 5.13 Å². The SMILES string of the molecule is CC.CNc1nc(-c2ccc(SN)cc2)cs1. The van der Waals surface area contributed by atoms with Crippen LogP contribution in [0.3, 0.4) is 0 Å². The van der Waals surface area contributed by atoms with Gasteiger partial charge in [-0.05, 0) is 24.1 Å². The maximum absolute atomic E-state index is 5.46. The second kappa shape index (κ2) is 7.32. The van der Waals surface area contributed by atoms with E-state index in [1.54, 1.807) is 11.3 Å². The molecule has 2 rings (SSSR count). The van der Waals surface area contributed by atoms with Gasteiger partial charge in [0.05, 0.1) is 5.69 Å². The number of rotatable bonds is 3. The molecule has 0 saturated carbocycles. The second-order valence-corrected chi connectivity index (χ2v) is 4.50. The van der Waals surface area contributed by atoms with E-state index in [2.05, 4.69) is 10.3 Å². The van der Waals surface area contributed by atoms with E-state index in [4.69, 9.17) is 5.14 Å². The highest BCUT2D eigenvalue weighted by Crippen LogP contribution is 2.25. The average molecular weight is 267 g/mol. The number of thiazole rings is 1. The molecule has 3 nitrogen and oxygen atoms in total. The number of benzene rings is 1. The van der Waals surface area contributed by atoms with Gasteiger partial charge >= 0.3 is 0 Å². The first-order valence-electron chi connectivity index (χ1n) is 5.44. The molecule has 0 atom stereocenters. The molecule has 0 fully saturated rings. The summed E-state index contributed by atoms with van der Waals surface area (Å²) in [5.74, 6) is 0. The van der Waals surface area contributed by atoms with Crippen molar-refractivity contribution in [2.75, 3.05) is 12.4 Å². The Hall–Kier alpha value is -1.04. The van der Waals surface area contributed by atoms with Gasteiger partial charge in [-0.1, -0.05) is 26.0 Å². The summed E-state index contributed by atoms with van der Waals surface area (Å²) in [6.45, 7) is 4.00. The third kappa shape index (κ3) is 3.73. The normalized spacial score (nSPS) is 9.41. The number of nitrogens with one attached hydrogen (secondary N) is 1. The molecule has 1 aromatic carbocycles. The van der Waals surface area contributed by atoms with Gasteiger partial charge in [0.15, 0.2) is 5.13 Å². The molecule has 17 heavy (non-hydrogen) atoms. The standard InChI is InChI=1S/C10H11N3S2.C2H6/c1-12-10-13-9(6-14-10)7-2-4-8(15-11)5-3-7;1-2/h2-6H,11H2,1H3,(H,12,13);1-2H3. The molecule has 1 heterocycles. The summed E-state index contributed by atoms with van der Waals surface area (Å²) in [6, 6.07) is 8.06. The minimum Gasteiger partial charge on any atom is -0.365 e. The molecule has 0 unspecified atom stereocenters. The second-order valence-electron chi connectivity index (χ2n) is 2.93. The highest BCUT2D eigenvalue weighted by molar-refractivity contribution is 7.97. The van der Waals surface area contributed by atoms with Gasteiger partial charge in [0.2, 0.25) is 0 Å². The predicted molar refractivity (Wildman–Crippen MR) is 78.5 cm³/mol. The Morgan fingerprint density at radius 3 is 2.35 bits per heavy atom. The fourth-order valence-electron chi connectivity index (χ4n) is 1.23. The van der Waals surface area contributed by atoms with E-state index in [-0.39, 0.29) is 0 Å². The quantitative estimate of drug-likeness (QED) is 0.830. The van der Waals surface area contributed by atoms with Crippen LogP contribution < -0.4 is 10.5 Å². The molecule has 92 valence electrons. The van der Waals surface area contributed by atoms with Crippen molar-refractivity contribution < 1.29 is 0 Å². The highest BCUT2D eigenvalue weighted by atomic mass is 32.2. The van der Waals surface area contributed by atoms with E-state index in [0.717, 1.165) is 21.3 Å². The van der Waals surface area contributed by atoms with Gasteiger partial charge in [-0.2, -0.15) is 0 Å². The van der Waals surface area contributed by atoms with Gasteiger partial charge in [0.25, 0.3) is 0 Å². The summed E-state index contributed by atoms with van der Waals surface area (Å²) >= 11 is 2.85. The summed E-state index contributed by atoms with van der Waals surface area (Å²) in [7, 11) is 1.87. The molecule has 0 aliphatic carbocycles. The van der Waals surface area contributed by atoms with E-state index >= 15 is 0 Å². The molecular formula is C12H17N3S2. The number of hydrogen-bond donors (Lipinski definition) is 2. The fourth-order valence-corrected chi connectivity index (χ4v) is 2.20. The van der Waals surface area contributed by atoms with Crippen molar-refractivity contribution in [3.05, 3.63) is 29.6 Å². The Morgan fingerprint density at radius 1 is 1.24 bits per heavy atom. The molecule has 2 aromatic rings. The largest absolute Gasteiger partial charge is 0.365 e. The van der Waals surface area contributed by atoms with E-state index < -0.39 is 0 Å². The molecule has 0 saturated heterocycles. The summed E-state index contributed by atoms with van der Waals surface area (Å²) < 4.78 is 0. The summed E-state index contributed by atoms with van der Waals surface area (Å²) in [4.78, 5) is 5.48. The van der Waals surface area contributed by atoms with Crippen molar-refractivity contribution in [1.82, 2.24) is 4.98 Å². The van der Waals surface area contributed by atoms with Crippen molar-refractivity contribution >= 4 is 28.4 Å². The zero-order valence-electron chi connectivity index (χ0n) is 10.2. The van der Waals surface area contributed by atoms with Crippen LogP contribution in [0.5, 0.6) is 0 Å². The van der Waals surface area contributed by atoms with Crippen LogP contribution in [0.2, 0.25) is 0 Å². The Kier molecular flexibility index (Phi) is 6.04. The molecule has 5 heteroatoms. The third-order valence-corrected chi connectivity index (χ3v) is 3.41. The molecule has 0 bridgehead atoms. The van der Waals surface area contributed by atoms with Crippen molar-refractivity contribution in [3.63, 3.8) is 0 Å². The third-order valence-electron chi connectivity index (χ3n) is 2.00. The molecule has 0 aliphatic rings. The minimum absolute atomic E-state index is 0.933. The molecule has 0 spiro atoms. The lowest BCUT2D eigenvalue weighted by atomic mass is 10.2. The van der Waals surface area contributed by atoms with Gasteiger partial charge in [-0.15, -0.1) is 11.3 Å². The Balaban J connectivity index is 0.000000686. The molecule has 1 aromatic heterocycles. The Bertz CT molecular complexity index is 437. The van der Waals surface area contributed by atoms with Gasteiger partial charge < -0.3 is 5.32 Å². The number of hydrogen-bond acceptors (Lipinski definition) is 5. The van der Waals surface area contributed by atoms with Gasteiger partial charge in [-0.25, -0.2) is 4.98 Å². The summed E-state index contributed by atoms with van der Waals surface area (Å²) in [5.41, 5.74) is 2.11. The van der Waals surface area contributed by atoms with E-state index in [1.165, 1.54) is 11.9 Å². The van der Waals surface area contributed by atoms with Crippen LogP contribution in [-0.2, 0) is 0 Å². The van der Waals surface area contributed by atoms with Crippen molar-refractivity contribution in [2.45, 2.75) is 18.7 Å². The molecule has 3 N–H and O–H groups in total. The maximum Gasteiger partial charge on any atom is 0.182 e. The van der Waals surface area contributed by atoms with Crippen LogP contribution >= 0.6 is 23.3 Å². The topological polar surface area (TPSA) is 50.9 Å².